The van der Waals surface area contributed by atoms with E-state index < -0.39 is 0 Å². The topological polar surface area (TPSA) is 29.5 Å². The third kappa shape index (κ3) is 3.88. The van der Waals surface area contributed by atoms with E-state index in [-0.39, 0.29) is 5.97 Å². The number of carbonyl (C=O) groups is 1. The van der Waals surface area contributed by atoms with Crippen molar-refractivity contribution in [3.05, 3.63) is 0 Å². The number of ether oxygens (including phenoxy) is 1. The lowest BCUT2D eigenvalue weighted by Crippen LogP contribution is -2.41. The standard InChI is InChI=1S/C10H19NO2S/c1-3-13-10(12)4-5-11-6-7-14-8-9(11)2/h9H,3-8H2,1-2H3. The summed E-state index contributed by atoms with van der Waals surface area (Å²) in [7, 11) is 0. The molecule has 1 aliphatic rings. The van der Waals surface area contributed by atoms with E-state index in [0.717, 1.165) is 13.1 Å². The van der Waals surface area contributed by atoms with Crippen molar-refractivity contribution in [2.45, 2.75) is 26.3 Å². The number of esters is 1. The maximum Gasteiger partial charge on any atom is 0.307 e. The Kier molecular flexibility index (Phi) is 5.33. The molecule has 3 nitrogen and oxygen atoms in total. The van der Waals surface area contributed by atoms with Crippen LogP contribution in [-0.4, -0.2) is 48.1 Å². The molecule has 0 saturated carbocycles. The summed E-state index contributed by atoms with van der Waals surface area (Å²) in [6.07, 6.45) is 0.531. The predicted octanol–water partition coefficient (Wildman–Crippen LogP) is 1.38. The molecule has 0 spiro atoms. The number of nitrogens with zero attached hydrogens (tertiary/aromatic N) is 1. The maximum atomic E-state index is 11.1. The SMILES string of the molecule is CCOC(=O)CCN1CCSCC1C. The average Bonchev–Trinajstić information content (AvgIpc) is 2.17. The zero-order valence-corrected chi connectivity index (χ0v) is 9.81. The number of hydrogen-bond donors (Lipinski definition) is 0. The van der Waals surface area contributed by atoms with Crippen molar-refractivity contribution >= 4 is 17.7 Å². The Bertz CT molecular complexity index is 187. The Labute approximate surface area is 90.2 Å². The molecule has 82 valence electrons. The molecule has 1 unspecified atom stereocenters. The van der Waals surface area contributed by atoms with Crippen LogP contribution in [0.15, 0.2) is 0 Å². The fraction of sp³-hybridized carbons (Fsp3) is 0.900. The summed E-state index contributed by atoms with van der Waals surface area (Å²) in [6, 6.07) is 0.600. The number of carbonyl (C=O) groups excluding carboxylic acids is 1. The van der Waals surface area contributed by atoms with Crippen molar-refractivity contribution in [2.75, 3.05) is 31.2 Å². The summed E-state index contributed by atoms with van der Waals surface area (Å²) in [6.45, 7) is 6.51. The molecule has 1 aliphatic heterocycles. The van der Waals surface area contributed by atoms with Gasteiger partial charge in [-0.05, 0) is 13.8 Å². The summed E-state index contributed by atoms with van der Waals surface area (Å²) < 4.78 is 4.90. The fourth-order valence-corrected chi connectivity index (χ4v) is 2.64. The molecule has 14 heavy (non-hydrogen) atoms. The first kappa shape index (κ1) is 11.9. The highest BCUT2D eigenvalue weighted by Gasteiger charge is 2.18. The van der Waals surface area contributed by atoms with Gasteiger partial charge in [0, 0.05) is 30.6 Å². The van der Waals surface area contributed by atoms with Gasteiger partial charge in [-0.2, -0.15) is 11.8 Å². The van der Waals surface area contributed by atoms with Gasteiger partial charge in [0.25, 0.3) is 0 Å². The van der Waals surface area contributed by atoms with E-state index in [2.05, 4.69) is 11.8 Å². The average molecular weight is 217 g/mol. The first-order chi connectivity index (χ1) is 6.74. The largest absolute Gasteiger partial charge is 0.466 e. The summed E-state index contributed by atoms with van der Waals surface area (Å²) in [5, 5.41) is 0. The van der Waals surface area contributed by atoms with Crippen LogP contribution < -0.4 is 0 Å². The maximum absolute atomic E-state index is 11.1. The summed E-state index contributed by atoms with van der Waals surface area (Å²) in [4.78, 5) is 13.5. The van der Waals surface area contributed by atoms with Crippen molar-refractivity contribution in [3.8, 4) is 0 Å². The second-order valence-electron chi connectivity index (χ2n) is 3.51. The van der Waals surface area contributed by atoms with Gasteiger partial charge in [0.2, 0.25) is 0 Å². The van der Waals surface area contributed by atoms with Crippen LogP contribution in [0.25, 0.3) is 0 Å². The van der Waals surface area contributed by atoms with Crippen LogP contribution in [0.4, 0.5) is 0 Å². The molecule has 0 aromatic carbocycles. The van der Waals surface area contributed by atoms with E-state index in [1.165, 1.54) is 11.5 Å². The minimum absolute atomic E-state index is 0.0714. The van der Waals surface area contributed by atoms with Gasteiger partial charge in [-0.15, -0.1) is 0 Å². The Hall–Kier alpha value is -0.220. The van der Waals surface area contributed by atoms with Crippen molar-refractivity contribution < 1.29 is 9.53 Å². The Morgan fingerprint density at radius 3 is 3.07 bits per heavy atom. The van der Waals surface area contributed by atoms with Gasteiger partial charge < -0.3 is 4.74 Å². The highest BCUT2D eigenvalue weighted by atomic mass is 32.2. The molecule has 0 aromatic rings. The number of thioether (sulfide) groups is 1. The Morgan fingerprint density at radius 1 is 1.64 bits per heavy atom. The van der Waals surface area contributed by atoms with Crippen LogP contribution in [0.2, 0.25) is 0 Å². The highest BCUT2D eigenvalue weighted by molar-refractivity contribution is 7.99. The number of hydrogen-bond acceptors (Lipinski definition) is 4. The number of rotatable bonds is 4. The molecule has 0 N–H and O–H groups in total. The molecule has 1 atom stereocenters. The second kappa shape index (κ2) is 6.30. The quantitative estimate of drug-likeness (QED) is 0.665. The lowest BCUT2D eigenvalue weighted by molar-refractivity contribution is -0.143. The molecule has 1 saturated heterocycles. The Balaban J connectivity index is 2.19. The van der Waals surface area contributed by atoms with E-state index >= 15 is 0 Å². The summed E-state index contributed by atoms with van der Waals surface area (Å²) in [5.41, 5.74) is 0. The monoisotopic (exact) mass is 217 g/mol. The van der Waals surface area contributed by atoms with Crippen LogP contribution in [0.5, 0.6) is 0 Å². The van der Waals surface area contributed by atoms with Gasteiger partial charge in [0.15, 0.2) is 0 Å². The third-order valence-corrected chi connectivity index (χ3v) is 3.60. The lowest BCUT2D eigenvalue weighted by Gasteiger charge is -2.32. The molecule has 0 aliphatic carbocycles. The van der Waals surface area contributed by atoms with Crippen molar-refractivity contribution in [1.82, 2.24) is 4.90 Å². The third-order valence-electron chi connectivity index (χ3n) is 2.41. The Morgan fingerprint density at radius 2 is 2.43 bits per heavy atom. The van der Waals surface area contributed by atoms with Gasteiger partial charge in [0.05, 0.1) is 13.0 Å². The van der Waals surface area contributed by atoms with Gasteiger partial charge in [-0.25, -0.2) is 0 Å². The summed E-state index contributed by atoms with van der Waals surface area (Å²) in [5.74, 6) is 2.30. The van der Waals surface area contributed by atoms with E-state index in [9.17, 15) is 4.79 Å². The highest BCUT2D eigenvalue weighted by Crippen LogP contribution is 2.15. The smallest absolute Gasteiger partial charge is 0.307 e. The van der Waals surface area contributed by atoms with E-state index in [1.54, 1.807) is 0 Å². The molecule has 1 rings (SSSR count). The van der Waals surface area contributed by atoms with Crippen LogP contribution in [0, 0.1) is 0 Å². The first-order valence-electron chi connectivity index (χ1n) is 5.21. The molecule has 1 heterocycles. The van der Waals surface area contributed by atoms with Gasteiger partial charge in [-0.1, -0.05) is 0 Å². The molecular weight excluding hydrogens is 198 g/mol. The van der Waals surface area contributed by atoms with Crippen molar-refractivity contribution in [2.24, 2.45) is 0 Å². The molecule has 0 bridgehead atoms. The van der Waals surface area contributed by atoms with E-state index in [1.807, 2.05) is 18.7 Å². The lowest BCUT2D eigenvalue weighted by atomic mass is 10.3. The molecule has 0 aromatic heterocycles. The van der Waals surface area contributed by atoms with E-state index in [0.29, 0.717) is 19.1 Å². The zero-order chi connectivity index (χ0) is 10.4. The molecule has 0 radical (unpaired) electrons. The molecule has 0 amide bonds. The minimum Gasteiger partial charge on any atom is -0.466 e. The minimum atomic E-state index is -0.0714. The molecule has 4 heteroatoms. The predicted molar refractivity (Wildman–Crippen MR) is 59.6 cm³/mol. The molecular formula is C10H19NO2S. The van der Waals surface area contributed by atoms with Crippen molar-refractivity contribution in [1.29, 1.82) is 0 Å². The van der Waals surface area contributed by atoms with E-state index in [4.69, 9.17) is 4.74 Å². The molecule has 1 fully saturated rings. The van der Waals surface area contributed by atoms with Gasteiger partial charge in [-0.3, -0.25) is 9.69 Å². The zero-order valence-electron chi connectivity index (χ0n) is 8.99. The first-order valence-corrected chi connectivity index (χ1v) is 6.37. The van der Waals surface area contributed by atoms with Crippen LogP contribution in [-0.2, 0) is 9.53 Å². The summed E-state index contributed by atoms with van der Waals surface area (Å²) >= 11 is 1.99. The van der Waals surface area contributed by atoms with Crippen LogP contribution in [0.3, 0.4) is 0 Å². The van der Waals surface area contributed by atoms with Crippen LogP contribution >= 0.6 is 11.8 Å². The normalized spacial score (nSPS) is 23.4. The second-order valence-corrected chi connectivity index (χ2v) is 4.66. The van der Waals surface area contributed by atoms with Crippen molar-refractivity contribution in [3.63, 3.8) is 0 Å². The van der Waals surface area contributed by atoms with Gasteiger partial charge >= 0.3 is 5.97 Å². The van der Waals surface area contributed by atoms with Gasteiger partial charge in [0.1, 0.15) is 0 Å². The fourth-order valence-electron chi connectivity index (χ4n) is 1.56. The van der Waals surface area contributed by atoms with Crippen LogP contribution in [0.1, 0.15) is 20.3 Å².